The van der Waals surface area contributed by atoms with Crippen LogP contribution in [0.4, 0.5) is 0 Å². The second-order valence-corrected chi connectivity index (χ2v) is 7.96. The first kappa shape index (κ1) is 15.4. The van der Waals surface area contributed by atoms with E-state index in [2.05, 4.69) is 65.1 Å². The molecule has 3 unspecified atom stereocenters. The van der Waals surface area contributed by atoms with Crippen molar-refractivity contribution in [1.29, 1.82) is 0 Å². The maximum Gasteiger partial charge on any atom is 0.0300 e. The van der Waals surface area contributed by atoms with E-state index in [1.54, 1.807) is 0 Å². The van der Waals surface area contributed by atoms with Crippen LogP contribution < -0.4 is 5.32 Å². The molecule has 1 nitrogen and oxygen atoms in total. The summed E-state index contributed by atoms with van der Waals surface area (Å²) in [6, 6.07) is 7.11. The zero-order valence-electron chi connectivity index (χ0n) is 12.1. The number of hydrogen-bond acceptors (Lipinski definition) is 2. The van der Waals surface area contributed by atoms with Crippen LogP contribution in [0.3, 0.4) is 0 Å². The highest BCUT2D eigenvalue weighted by Gasteiger charge is 2.21. The van der Waals surface area contributed by atoms with Gasteiger partial charge in [-0.1, -0.05) is 35.7 Å². The van der Waals surface area contributed by atoms with E-state index in [0.717, 1.165) is 11.2 Å². The van der Waals surface area contributed by atoms with Gasteiger partial charge in [0.05, 0.1) is 0 Å². The summed E-state index contributed by atoms with van der Waals surface area (Å²) in [5.41, 5.74) is 1.42. The molecule has 0 saturated heterocycles. The summed E-state index contributed by atoms with van der Waals surface area (Å²) >= 11 is 5.68. The zero-order chi connectivity index (χ0) is 13.8. The van der Waals surface area contributed by atoms with Gasteiger partial charge in [0.2, 0.25) is 0 Å². The van der Waals surface area contributed by atoms with E-state index in [-0.39, 0.29) is 0 Å². The monoisotopic (exact) mass is 341 g/mol. The third kappa shape index (κ3) is 4.24. The Morgan fingerprint density at radius 3 is 2.84 bits per heavy atom. The Bertz CT molecular complexity index is 421. The van der Waals surface area contributed by atoms with E-state index in [1.165, 1.54) is 40.6 Å². The molecule has 106 valence electrons. The summed E-state index contributed by atoms with van der Waals surface area (Å²) in [5, 5.41) is 4.16. The molecular formula is C16H24BrNS. The quantitative estimate of drug-likeness (QED) is 0.786. The van der Waals surface area contributed by atoms with E-state index >= 15 is 0 Å². The second-order valence-electron chi connectivity index (χ2n) is 5.70. The Morgan fingerprint density at radius 1 is 1.37 bits per heavy atom. The minimum atomic E-state index is 0.404. The molecule has 2 rings (SSSR count). The third-order valence-corrected chi connectivity index (χ3v) is 5.93. The normalized spacial score (nSPS) is 25.3. The van der Waals surface area contributed by atoms with E-state index in [1.807, 2.05) is 7.05 Å². The van der Waals surface area contributed by atoms with E-state index in [9.17, 15) is 0 Å². The molecule has 0 amide bonds. The van der Waals surface area contributed by atoms with Crippen molar-refractivity contribution in [2.75, 3.05) is 7.05 Å². The molecule has 0 heterocycles. The molecule has 1 aliphatic rings. The lowest BCUT2D eigenvalue weighted by atomic mass is 9.91. The minimum Gasteiger partial charge on any atom is -0.313 e. The molecule has 3 heteroatoms. The largest absolute Gasteiger partial charge is 0.313 e. The van der Waals surface area contributed by atoms with Crippen molar-refractivity contribution < 1.29 is 0 Å². The Kier molecular flexibility index (Phi) is 5.79. The fourth-order valence-corrected chi connectivity index (χ4v) is 4.75. The summed E-state index contributed by atoms with van der Waals surface area (Å²) in [6.45, 7) is 4.63. The molecular weight excluding hydrogens is 318 g/mol. The molecule has 0 aromatic heterocycles. The summed E-state index contributed by atoms with van der Waals surface area (Å²) in [6.07, 6.45) is 5.55. The number of nitrogens with one attached hydrogen (secondary N) is 1. The predicted molar refractivity (Wildman–Crippen MR) is 88.9 cm³/mol. The zero-order valence-corrected chi connectivity index (χ0v) is 14.5. The SMILES string of the molecule is CNC(C)c1cc(Br)ccc1SC1CCCC(C)C1. The van der Waals surface area contributed by atoms with Gasteiger partial charge in [0.15, 0.2) is 0 Å². The summed E-state index contributed by atoms with van der Waals surface area (Å²) in [5.74, 6) is 0.895. The van der Waals surface area contributed by atoms with Crippen molar-refractivity contribution in [2.45, 2.75) is 55.7 Å². The first-order valence-corrected chi connectivity index (χ1v) is 8.90. The van der Waals surface area contributed by atoms with Gasteiger partial charge in [-0.05, 0) is 56.5 Å². The van der Waals surface area contributed by atoms with Crippen LogP contribution in [0.5, 0.6) is 0 Å². The van der Waals surface area contributed by atoms with Gasteiger partial charge >= 0.3 is 0 Å². The fourth-order valence-electron chi connectivity index (χ4n) is 2.79. The Morgan fingerprint density at radius 2 is 2.16 bits per heavy atom. The Balaban J connectivity index is 2.14. The van der Waals surface area contributed by atoms with Crippen molar-refractivity contribution in [3.05, 3.63) is 28.2 Å². The van der Waals surface area contributed by atoms with Crippen molar-refractivity contribution in [1.82, 2.24) is 5.32 Å². The number of halogens is 1. The van der Waals surface area contributed by atoms with Crippen LogP contribution in [-0.4, -0.2) is 12.3 Å². The molecule has 1 aromatic carbocycles. The van der Waals surface area contributed by atoms with Crippen molar-refractivity contribution in [3.8, 4) is 0 Å². The lowest BCUT2D eigenvalue weighted by Crippen LogP contribution is -2.17. The predicted octanol–water partition coefficient (Wildman–Crippen LogP) is 5.40. The molecule has 1 aliphatic carbocycles. The summed E-state index contributed by atoms with van der Waals surface area (Å²) in [7, 11) is 2.03. The third-order valence-electron chi connectivity index (χ3n) is 4.05. The molecule has 0 aliphatic heterocycles. The van der Waals surface area contributed by atoms with Crippen molar-refractivity contribution >= 4 is 27.7 Å². The number of benzene rings is 1. The van der Waals surface area contributed by atoms with Crippen LogP contribution in [0.2, 0.25) is 0 Å². The maximum absolute atomic E-state index is 3.59. The standard InChI is InChI=1S/C16H24BrNS/c1-11-5-4-6-14(9-11)19-16-8-7-13(17)10-15(16)12(2)18-3/h7-8,10-12,14,18H,4-6,9H2,1-3H3. The average Bonchev–Trinajstić information content (AvgIpc) is 2.40. The van der Waals surface area contributed by atoms with Gasteiger partial charge < -0.3 is 5.32 Å². The summed E-state index contributed by atoms with van der Waals surface area (Å²) < 4.78 is 1.17. The highest BCUT2D eigenvalue weighted by molar-refractivity contribution is 9.10. The summed E-state index contributed by atoms with van der Waals surface area (Å²) in [4.78, 5) is 1.45. The first-order chi connectivity index (χ1) is 9.10. The molecule has 1 aromatic rings. The van der Waals surface area contributed by atoms with Crippen molar-refractivity contribution in [3.63, 3.8) is 0 Å². The van der Waals surface area contributed by atoms with E-state index in [4.69, 9.17) is 0 Å². The number of thioether (sulfide) groups is 1. The smallest absolute Gasteiger partial charge is 0.0300 e. The van der Waals surface area contributed by atoms with Crippen LogP contribution in [0.1, 0.15) is 51.1 Å². The molecule has 0 bridgehead atoms. The van der Waals surface area contributed by atoms with Gasteiger partial charge in [0, 0.05) is 20.7 Å². The molecule has 1 fully saturated rings. The maximum atomic E-state index is 3.59. The molecule has 1 N–H and O–H groups in total. The fraction of sp³-hybridized carbons (Fsp3) is 0.625. The van der Waals surface area contributed by atoms with Gasteiger partial charge in [-0.2, -0.15) is 0 Å². The second kappa shape index (κ2) is 7.14. The van der Waals surface area contributed by atoms with E-state index in [0.29, 0.717) is 6.04 Å². The van der Waals surface area contributed by atoms with Gasteiger partial charge in [0.25, 0.3) is 0 Å². The lowest BCUT2D eigenvalue weighted by Gasteiger charge is -2.27. The average molecular weight is 342 g/mol. The van der Waals surface area contributed by atoms with E-state index < -0.39 is 0 Å². The molecule has 0 radical (unpaired) electrons. The number of hydrogen-bond donors (Lipinski definition) is 1. The minimum absolute atomic E-state index is 0.404. The van der Waals surface area contributed by atoms with Crippen LogP contribution in [-0.2, 0) is 0 Å². The Labute approximate surface area is 130 Å². The topological polar surface area (TPSA) is 12.0 Å². The van der Waals surface area contributed by atoms with Gasteiger partial charge in [-0.3, -0.25) is 0 Å². The first-order valence-electron chi connectivity index (χ1n) is 7.23. The van der Waals surface area contributed by atoms with Gasteiger partial charge in [-0.15, -0.1) is 11.8 Å². The lowest BCUT2D eigenvalue weighted by molar-refractivity contribution is 0.394. The molecule has 3 atom stereocenters. The molecule has 0 spiro atoms. The highest BCUT2D eigenvalue weighted by atomic mass is 79.9. The van der Waals surface area contributed by atoms with Crippen molar-refractivity contribution in [2.24, 2.45) is 5.92 Å². The van der Waals surface area contributed by atoms with Crippen LogP contribution in [0, 0.1) is 5.92 Å². The van der Waals surface area contributed by atoms with Gasteiger partial charge in [-0.25, -0.2) is 0 Å². The molecule has 19 heavy (non-hydrogen) atoms. The van der Waals surface area contributed by atoms with Gasteiger partial charge in [0.1, 0.15) is 0 Å². The van der Waals surface area contributed by atoms with Crippen LogP contribution in [0.25, 0.3) is 0 Å². The highest BCUT2D eigenvalue weighted by Crippen LogP contribution is 2.39. The van der Waals surface area contributed by atoms with Crippen LogP contribution in [0.15, 0.2) is 27.6 Å². The van der Waals surface area contributed by atoms with Crippen LogP contribution >= 0.6 is 27.7 Å². The molecule has 1 saturated carbocycles. The Hall–Kier alpha value is 0.01000. The number of rotatable bonds is 4.